The summed E-state index contributed by atoms with van der Waals surface area (Å²) < 4.78 is 39.0. The van der Waals surface area contributed by atoms with Crippen molar-refractivity contribution >= 4 is 17.5 Å². The molecule has 2 aromatic heterocycles. The molecule has 120 valence electrons. The highest BCUT2D eigenvalue weighted by molar-refractivity contribution is 6.31. The summed E-state index contributed by atoms with van der Waals surface area (Å²) in [7, 11) is 1.44. The fourth-order valence-corrected chi connectivity index (χ4v) is 1.98. The molecular formula is C12H13ClF3N5O. The summed E-state index contributed by atoms with van der Waals surface area (Å²) in [5.74, 6) is -0.658. The van der Waals surface area contributed by atoms with Crippen LogP contribution >= 0.6 is 11.6 Å². The average molecular weight is 336 g/mol. The fraction of sp³-hybridized carbons (Fsp3) is 0.417. The van der Waals surface area contributed by atoms with Gasteiger partial charge in [-0.1, -0.05) is 11.6 Å². The predicted octanol–water partition coefficient (Wildman–Crippen LogP) is 2.57. The summed E-state index contributed by atoms with van der Waals surface area (Å²) in [6.45, 7) is 2.56. The second kappa shape index (κ2) is 5.99. The fourth-order valence-electron chi connectivity index (χ4n) is 1.77. The van der Waals surface area contributed by atoms with Crippen LogP contribution < -0.4 is 0 Å². The van der Waals surface area contributed by atoms with Crippen LogP contribution in [0.25, 0.3) is 0 Å². The molecule has 0 aromatic carbocycles. The van der Waals surface area contributed by atoms with Crippen LogP contribution in [0.3, 0.4) is 0 Å². The van der Waals surface area contributed by atoms with Crippen LogP contribution in [0.15, 0.2) is 12.3 Å². The van der Waals surface area contributed by atoms with Crippen LogP contribution in [0.2, 0.25) is 5.02 Å². The van der Waals surface area contributed by atoms with E-state index in [1.807, 2.05) is 6.92 Å². The van der Waals surface area contributed by atoms with Crippen molar-refractivity contribution in [1.29, 1.82) is 0 Å². The lowest BCUT2D eigenvalue weighted by molar-refractivity contribution is -0.141. The molecule has 0 bridgehead atoms. The lowest BCUT2D eigenvalue weighted by atomic mass is 10.3. The molecule has 0 aliphatic heterocycles. The number of hydrogen-bond acceptors (Lipinski definition) is 3. The van der Waals surface area contributed by atoms with Gasteiger partial charge in [-0.05, 0) is 6.92 Å². The van der Waals surface area contributed by atoms with Crippen molar-refractivity contribution in [2.45, 2.75) is 26.2 Å². The third-order valence-corrected chi connectivity index (χ3v) is 3.26. The van der Waals surface area contributed by atoms with Gasteiger partial charge in [0, 0.05) is 25.9 Å². The number of hydrogen-bond donors (Lipinski definition) is 1. The first kappa shape index (κ1) is 16.3. The van der Waals surface area contributed by atoms with E-state index in [2.05, 4.69) is 10.2 Å². The third kappa shape index (κ3) is 3.41. The molecule has 22 heavy (non-hydrogen) atoms. The van der Waals surface area contributed by atoms with Gasteiger partial charge >= 0.3 is 6.18 Å². The number of H-pyrrole nitrogens is 1. The lowest BCUT2D eigenvalue weighted by Gasteiger charge is -2.14. The molecule has 0 fully saturated rings. The Morgan fingerprint density at radius 1 is 1.50 bits per heavy atom. The number of alkyl halides is 3. The van der Waals surface area contributed by atoms with Crippen molar-refractivity contribution < 1.29 is 18.0 Å². The summed E-state index contributed by atoms with van der Waals surface area (Å²) >= 11 is 5.99. The monoisotopic (exact) mass is 335 g/mol. The van der Waals surface area contributed by atoms with E-state index in [0.29, 0.717) is 23.3 Å². The van der Waals surface area contributed by atoms with Gasteiger partial charge in [-0.25, -0.2) is 0 Å². The molecule has 0 saturated carbocycles. The van der Waals surface area contributed by atoms with Gasteiger partial charge in [0.1, 0.15) is 11.4 Å². The highest BCUT2D eigenvalue weighted by atomic mass is 35.5. The molecule has 2 rings (SSSR count). The summed E-state index contributed by atoms with van der Waals surface area (Å²) in [6, 6.07) is 0.672. The number of nitrogens with one attached hydrogen (secondary N) is 1. The van der Waals surface area contributed by atoms with Crippen LogP contribution in [0.4, 0.5) is 13.2 Å². The maximum atomic E-state index is 12.5. The quantitative estimate of drug-likeness (QED) is 0.933. The van der Waals surface area contributed by atoms with Gasteiger partial charge < -0.3 is 4.90 Å². The standard InChI is InChI=1S/C12H13ClF3N5O/c1-3-21-5-7(13)9(19-21)6-20(2)11(22)8-4-10(18-17-8)12(14,15)16/h4-5H,3,6H2,1-2H3,(H,17,18). The molecule has 1 N–H and O–H groups in total. The minimum absolute atomic E-state index is 0.0683. The van der Waals surface area contributed by atoms with Crippen molar-refractivity contribution in [3.05, 3.63) is 34.4 Å². The van der Waals surface area contributed by atoms with Crippen LogP contribution in [0, 0.1) is 0 Å². The number of nitrogens with zero attached hydrogens (tertiary/aromatic N) is 4. The van der Waals surface area contributed by atoms with E-state index in [0.717, 1.165) is 0 Å². The SMILES string of the molecule is CCn1cc(Cl)c(CN(C)C(=O)c2cc(C(F)(F)F)[nH]n2)n1. The highest BCUT2D eigenvalue weighted by Gasteiger charge is 2.34. The Balaban J connectivity index is 2.12. The molecular weight excluding hydrogens is 323 g/mol. The van der Waals surface area contributed by atoms with E-state index in [1.165, 1.54) is 11.9 Å². The van der Waals surface area contributed by atoms with Gasteiger partial charge in [-0.15, -0.1) is 0 Å². The molecule has 10 heteroatoms. The summed E-state index contributed by atoms with van der Waals surface area (Å²) in [5, 5.41) is 9.76. The normalized spacial score (nSPS) is 11.7. The number of rotatable bonds is 4. The Bertz CT molecular complexity index is 679. The smallest absolute Gasteiger partial charge is 0.334 e. The molecule has 1 amide bonds. The predicted molar refractivity (Wildman–Crippen MR) is 72.3 cm³/mol. The van der Waals surface area contributed by atoms with Gasteiger partial charge in [0.2, 0.25) is 0 Å². The maximum absolute atomic E-state index is 12.5. The zero-order chi connectivity index (χ0) is 16.5. The van der Waals surface area contributed by atoms with Crippen LogP contribution in [0.1, 0.15) is 28.8 Å². The summed E-state index contributed by atoms with van der Waals surface area (Å²) in [4.78, 5) is 13.3. The lowest BCUT2D eigenvalue weighted by Crippen LogP contribution is -2.27. The van der Waals surface area contributed by atoms with Crippen molar-refractivity contribution in [3.63, 3.8) is 0 Å². The van der Waals surface area contributed by atoms with E-state index in [4.69, 9.17) is 11.6 Å². The van der Waals surface area contributed by atoms with Crippen molar-refractivity contribution in [1.82, 2.24) is 24.9 Å². The number of aromatic amines is 1. The molecule has 0 aliphatic carbocycles. The second-order valence-corrected chi connectivity index (χ2v) is 5.01. The van der Waals surface area contributed by atoms with Crippen LogP contribution in [-0.4, -0.2) is 37.8 Å². The van der Waals surface area contributed by atoms with Crippen molar-refractivity contribution in [2.75, 3.05) is 7.05 Å². The largest absolute Gasteiger partial charge is 0.432 e. The number of aryl methyl sites for hydroxylation is 1. The maximum Gasteiger partial charge on any atom is 0.432 e. The number of aromatic nitrogens is 4. The molecule has 2 heterocycles. The molecule has 0 radical (unpaired) electrons. The Labute approximate surface area is 128 Å². The molecule has 0 aliphatic rings. The van der Waals surface area contributed by atoms with Crippen molar-refractivity contribution in [2.24, 2.45) is 0 Å². The third-order valence-electron chi connectivity index (χ3n) is 2.95. The number of carbonyl (C=O) groups excluding carboxylic acids is 1. The Morgan fingerprint density at radius 2 is 2.18 bits per heavy atom. The molecule has 0 atom stereocenters. The number of halogens is 4. The number of carbonyl (C=O) groups is 1. The first-order valence-electron chi connectivity index (χ1n) is 6.32. The topological polar surface area (TPSA) is 66.8 Å². The first-order chi connectivity index (χ1) is 10.2. The summed E-state index contributed by atoms with van der Waals surface area (Å²) in [6.07, 6.45) is -2.96. The van der Waals surface area contributed by atoms with Crippen molar-refractivity contribution in [3.8, 4) is 0 Å². The molecule has 0 spiro atoms. The number of amides is 1. The van der Waals surface area contributed by atoms with Gasteiger partial charge in [-0.3, -0.25) is 14.6 Å². The van der Waals surface area contributed by atoms with E-state index in [1.54, 1.807) is 16.0 Å². The Hall–Kier alpha value is -2.03. The summed E-state index contributed by atoms with van der Waals surface area (Å²) in [5.41, 5.74) is -0.927. The molecule has 0 unspecified atom stereocenters. The Kier molecular flexibility index (Phi) is 4.45. The van der Waals surface area contributed by atoms with Gasteiger partial charge in [0.25, 0.3) is 5.91 Å². The Morgan fingerprint density at radius 3 is 2.68 bits per heavy atom. The van der Waals surface area contributed by atoms with Gasteiger partial charge in [0.05, 0.1) is 11.6 Å². The second-order valence-electron chi connectivity index (χ2n) is 4.61. The van der Waals surface area contributed by atoms with Crippen LogP contribution in [0.5, 0.6) is 0 Å². The van der Waals surface area contributed by atoms with Crippen LogP contribution in [-0.2, 0) is 19.3 Å². The van der Waals surface area contributed by atoms with Gasteiger partial charge in [0.15, 0.2) is 5.69 Å². The zero-order valence-electron chi connectivity index (χ0n) is 11.8. The van der Waals surface area contributed by atoms with E-state index in [9.17, 15) is 18.0 Å². The molecule has 0 saturated heterocycles. The first-order valence-corrected chi connectivity index (χ1v) is 6.70. The zero-order valence-corrected chi connectivity index (χ0v) is 12.5. The minimum Gasteiger partial charge on any atom is -0.334 e. The van der Waals surface area contributed by atoms with E-state index in [-0.39, 0.29) is 12.2 Å². The molecule has 2 aromatic rings. The van der Waals surface area contributed by atoms with E-state index >= 15 is 0 Å². The molecule has 6 nitrogen and oxygen atoms in total. The highest BCUT2D eigenvalue weighted by Crippen LogP contribution is 2.28. The minimum atomic E-state index is -4.58. The average Bonchev–Trinajstić information content (AvgIpc) is 3.05. The van der Waals surface area contributed by atoms with Gasteiger partial charge in [-0.2, -0.15) is 23.4 Å². The van der Waals surface area contributed by atoms with E-state index < -0.39 is 17.8 Å².